The van der Waals surface area contributed by atoms with E-state index in [2.05, 4.69) is 15.2 Å². The van der Waals surface area contributed by atoms with Gasteiger partial charge in [0.15, 0.2) is 6.61 Å². The molecule has 0 aliphatic carbocycles. The topological polar surface area (TPSA) is 59.9 Å². The molecule has 0 aromatic heterocycles. The minimum Gasteiger partial charge on any atom is -0.435 e. The predicted molar refractivity (Wildman–Crippen MR) is 91.4 cm³/mol. The van der Waals surface area contributed by atoms with Crippen molar-refractivity contribution in [2.75, 3.05) is 11.9 Å². The van der Waals surface area contributed by atoms with Crippen molar-refractivity contribution < 1.29 is 23.1 Å². The van der Waals surface area contributed by atoms with Gasteiger partial charge in [-0.3, -0.25) is 4.79 Å². The number of alkyl halides is 2. The second kappa shape index (κ2) is 8.98. The van der Waals surface area contributed by atoms with Crippen molar-refractivity contribution in [3.05, 3.63) is 58.6 Å². The third kappa shape index (κ3) is 6.39. The molecule has 5 nitrogen and oxygen atoms in total. The van der Waals surface area contributed by atoms with Gasteiger partial charge in [-0.15, -0.1) is 0 Å². The van der Waals surface area contributed by atoms with Gasteiger partial charge in [0.25, 0.3) is 5.91 Å². The zero-order valence-electron chi connectivity index (χ0n) is 13.2. The monoisotopic (exact) mass is 368 g/mol. The summed E-state index contributed by atoms with van der Waals surface area (Å²) in [4.78, 5) is 16.6. The van der Waals surface area contributed by atoms with Gasteiger partial charge in [0.05, 0.1) is 16.9 Å². The van der Waals surface area contributed by atoms with Crippen molar-refractivity contribution >= 4 is 29.4 Å². The first kappa shape index (κ1) is 18.7. The van der Waals surface area contributed by atoms with Crippen LogP contribution in [0.4, 0.5) is 14.5 Å². The van der Waals surface area contributed by atoms with Gasteiger partial charge in [0.2, 0.25) is 0 Å². The number of oxime groups is 1. The summed E-state index contributed by atoms with van der Waals surface area (Å²) in [6, 6.07) is 11.0. The Balaban J connectivity index is 1.79. The third-order valence-electron chi connectivity index (χ3n) is 2.98. The summed E-state index contributed by atoms with van der Waals surface area (Å²) < 4.78 is 28.3. The highest BCUT2D eigenvalue weighted by molar-refractivity contribution is 6.33. The molecule has 0 heterocycles. The lowest BCUT2D eigenvalue weighted by Crippen LogP contribution is -2.17. The molecule has 0 bridgehead atoms. The van der Waals surface area contributed by atoms with Gasteiger partial charge in [0, 0.05) is 0 Å². The second-order valence-corrected chi connectivity index (χ2v) is 5.39. The highest BCUT2D eigenvalue weighted by Crippen LogP contribution is 2.22. The van der Waals surface area contributed by atoms with Crippen LogP contribution in [0.3, 0.4) is 0 Å². The van der Waals surface area contributed by atoms with Gasteiger partial charge in [-0.25, -0.2) is 0 Å². The number of nitrogens with one attached hydrogen (secondary N) is 1. The Labute approximate surface area is 148 Å². The van der Waals surface area contributed by atoms with Gasteiger partial charge in [-0.1, -0.05) is 22.8 Å². The largest absolute Gasteiger partial charge is 0.435 e. The summed E-state index contributed by atoms with van der Waals surface area (Å²) in [5.74, 6) is -0.369. The van der Waals surface area contributed by atoms with Crippen molar-refractivity contribution in [2.45, 2.75) is 13.5 Å². The van der Waals surface area contributed by atoms with Crippen LogP contribution >= 0.6 is 11.6 Å². The molecular formula is C17H15ClF2N2O3. The number of hydrogen-bond donors (Lipinski definition) is 1. The first-order valence-electron chi connectivity index (χ1n) is 7.20. The summed E-state index contributed by atoms with van der Waals surface area (Å²) in [6.07, 6.45) is 1.35. The number of aryl methyl sites for hydroxylation is 1. The molecule has 0 radical (unpaired) electrons. The average Bonchev–Trinajstić information content (AvgIpc) is 2.55. The highest BCUT2D eigenvalue weighted by atomic mass is 35.5. The normalized spacial score (nSPS) is 10.9. The SMILES string of the molecule is Cc1ccc(NC(=O)CO/N=C\c2ccc(OC(F)F)cc2)c(Cl)c1. The Morgan fingerprint density at radius 2 is 2.00 bits per heavy atom. The molecule has 8 heteroatoms. The Bertz CT molecular complexity index is 752. The molecule has 0 aliphatic heterocycles. The molecule has 1 amide bonds. The van der Waals surface area contributed by atoms with E-state index in [1.165, 1.54) is 30.5 Å². The molecule has 0 fully saturated rings. The Kier molecular flexibility index (Phi) is 6.71. The number of amides is 1. The molecular weight excluding hydrogens is 354 g/mol. The van der Waals surface area contributed by atoms with Crippen LogP contribution in [0.25, 0.3) is 0 Å². The first-order chi connectivity index (χ1) is 11.9. The molecule has 0 atom stereocenters. The average molecular weight is 369 g/mol. The minimum atomic E-state index is -2.87. The quantitative estimate of drug-likeness (QED) is 0.587. The maximum Gasteiger partial charge on any atom is 0.387 e. The van der Waals surface area contributed by atoms with E-state index in [0.29, 0.717) is 16.3 Å². The lowest BCUT2D eigenvalue weighted by Gasteiger charge is -2.07. The summed E-state index contributed by atoms with van der Waals surface area (Å²) in [5, 5.41) is 6.68. The van der Waals surface area contributed by atoms with Gasteiger partial charge in [0.1, 0.15) is 5.75 Å². The highest BCUT2D eigenvalue weighted by Gasteiger charge is 2.06. The van der Waals surface area contributed by atoms with E-state index in [9.17, 15) is 13.6 Å². The number of halogens is 3. The molecule has 2 aromatic carbocycles. The molecule has 132 valence electrons. The van der Waals surface area contributed by atoms with Crippen LogP contribution in [0, 0.1) is 6.92 Å². The minimum absolute atomic E-state index is 0.0439. The van der Waals surface area contributed by atoms with Crippen LogP contribution in [-0.2, 0) is 9.63 Å². The lowest BCUT2D eigenvalue weighted by molar-refractivity contribution is -0.120. The van der Waals surface area contributed by atoms with Crippen molar-refractivity contribution in [2.24, 2.45) is 5.16 Å². The van der Waals surface area contributed by atoms with Crippen LogP contribution in [0.15, 0.2) is 47.6 Å². The van der Waals surface area contributed by atoms with Crippen LogP contribution in [-0.4, -0.2) is 25.3 Å². The number of carbonyl (C=O) groups is 1. The van der Waals surface area contributed by atoms with Crippen LogP contribution in [0.5, 0.6) is 5.75 Å². The van der Waals surface area contributed by atoms with Crippen molar-refractivity contribution in [3.8, 4) is 5.75 Å². The van der Waals surface area contributed by atoms with E-state index in [-0.39, 0.29) is 12.4 Å². The fourth-order valence-corrected chi connectivity index (χ4v) is 2.12. The molecule has 25 heavy (non-hydrogen) atoms. The Morgan fingerprint density at radius 1 is 1.28 bits per heavy atom. The number of hydrogen-bond acceptors (Lipinski definition) is 4. The van der Waals surface area contributed by atoms with Gasteiger partial charge >= 0.3 is 6.61 Å². The maximum absolute atomic E-state index is 12.0. The lowest BCUT2D eigenvalue weighted by atomic mass is 10.2. The van der Waals surface area contributed by atoms with Crippen molar-refractivity contribution in [1.82, 2.24) is 0 Å². The maximum atomic E-state index is 12.0. The van der Waals surface area contributed by atoms with Gasteiger partial charge in [-0.2, -0.15) is 8.78 Å². The number of carbonyl (C=O) groups excluding carboxylic acids is 1. The molecule has 0 spiro atoms. The molecule has 0 unspecified atom stereocenters. The number of ether oxygens (including phenoxy) is 1. The van der Waals surface area contributed by atoms with Crippen molar-refractivity contribution in [1.29, 1.82) is 0 Å². The molecule has 2 rings (SSSR count). The van der Waals surface area contributed by atoms with E-state index in [0.717, 1.165) is 5.56 Å². The van der Waals surface area contributed by atoms with Crippen LogP contribution < -0.4 is 10.1 Å². The predicted octanol–water partition coefficient (Wildman–Crippen LogP) is 4.24. The fourth-order valence-electron chi connectivity index (χ4n) is 1.84. The van der Waals surface area contributed by atoms with E-state index in [1.807, 2.05) is 13.0 Å². The summed E-state index contributed by atoms with van der Waals surface area (Å²) in [5.41, 5.74) is 2.07. The number of rotatable bonds is 7. The zero-order valence-corrected chi connectivity index (χ0v) is 14.0. The molecule has 1 N–H and O–H groups in total. The number of benzene rings is 2. The smallest absolute Gasteiger partial charge is 0.387 e. The van der Waals surface area contributed by atoms with Crippen LogP contribution in [0.1, 0.15) is 11.1 Å². The Morgan fingerprint density at radius 3 is 2.64 bits per heavy atom. The second-order valence-electron chi connectivity index (χ2n) is 4.99. The molecule has 0 saturated heterocycles. The fraction of sp³-hybridized carbons (Fsp3) is 0.176. The molecule has 0 aliphatic rings. The summed E-state index contributed by atoms with van der Waals surface area (Å²) in [6.45, 7) is -1.28. The first-order valence-corrected chi connectivity index (χ1v) is 7.58. The number of anilines is 1. The number of nitrogens with zero attached hydrogens (tertiary/aromatic N) is 1. The third-order valence-corrected chi connectivity index (χ3v) is 3.29. The summed E-state index contributed by atoms with van der Waals surface area (Å²) in [7, 11) is 0. The summed E-state index contributed by atoms with van der Waals surface area (Å²) >= 11 is 6.02. The molecule has 2 aromatic rings. The zero-order chi connectivity index (χ0) is 18.2. The Hall–Kier alpha value is -2.67. The van der Waals surface area contributed by atoms with Crippen LogP contribution in [0.2, 0.25) is 5.02 Å². The standard InChI is InChI=1S/C17H15ClF2N2O3/c1-11-2-7-15(14(18)8-11)22-16(23)10-24-21-9-12-3-5-13(6-4-12)25-17(19)20/h2-9,17H,10H2,1H3,(H,22,23)/b21-9-. The molecule has 0 saturated carbocycles. The van der Waals surface area contributed by atoms with E-state index in [4.69, 9.17) is 16.4 Å². The van der Waals surface area contributed by atoms with Gasteiger partial charge < -0.3 is 14.9 Å². The van der Waals surface area contributed by atoms with E-state index in [1.54, 1.807) is 12.1 Å². The van der Waals surface area contributed by atoms with Gasteiger partial charge in [-0.05, 0) is 54.4 Å². The van der Waals surface area contributed by atoms with Crippen molar-refractivity contribution in [3.63, 3.8) is 0 Å². The van der Waals surface area contributed by atoms with E-state index >= 15 is 0 Å². The van der Waals surface area contributed by atoms with E-state index < -0.39 is 12.5 Å².